The first-order valence-corrected chi connectivity index (χ1v) is 10.5. The Morgan fingerprint density at radius 2 is 1.97 bits per heavy atom. The van der Waals surface area contributed by atoms with Crippen molar-refractivity contribution in [3.63, 3.8) is 0 Å². The van der Waals surface area contributed by atoms with E-state index < -0.39 is 0 Å². The summed E-state index contributed by atoms with van der Waals surface area (Å²) in [4.78, 5) is 27.4. The van der Waals surface area contributed by atoms with Crippen molar-refractivity contribution in [2.24, 2.45) is 0 Å². The Kier molecular flexibility index (Phi) is 5.76. The average Bonchev–Trinajstić information content (AvgIpc) is 3.44. The lowest BCUT2D eigenvalue weighted by Crippen LogP contribution is -2.30. The first kappa shape index (κ1) is 20.0. The number of amides is 2. The molecule has 1 aromatic heterocycles. The molecule has 2 amide bonds. The van der Waals surface area contributed by atoms with E-state index in [2.05, 4.69) is 15.5 Å². The van der Waals surface area contributed by atoms with Crippen LogP contribution in [0.5, 0.6) is 5.75 Å². The predicted octanol–water partition coefficient (Wildman–Crippen LogP) is 4.08. The van der Waals surface area contributed by atoms with Gasteiger partial charge in [0.05, 0.1) is 13.2 Å². The van der Waals surface area contributed by atoms with Crippen molar-refractivity contribution in [2.45, 2.75) is 25.8 Å². The fourth-order valence-corrected chi connectivity index (χ4v) is 4.36. The Hall–Kier alpha value is -3.26. The molecule has 2 heterocycles. The number of aromatic nitrogens is 2. The highest BCUT2D eigenvalue weighted by molar-refractivity contribution is 7.13. The minimum Gasteiger partial charge on any atom is -0.497 e. The number of nitrogens with one attached hydrogen (secondary N) is 1. The van der Waals surface area contributed by atoms with Crippen molar-refractivity contribution in [1.82, 2.24) is 15.1 Å². The Labute approximate surface area is 178 Å². The van der Waals surface area contributed by atoms with Gasteiger partial charge in [0.15, 0.2) is 0 Å². The first-order valence-electron chi connectivity index (χ1n) is 9.71. The van der Waals surface area contributed by atoms with Crippen LogP contribution < -0.4 is 10.1 Å². The number of nitrogens with zero attached hydrogens (tertiary/aromatic N) is 3. The van der Waals surface area contributed by atoms with Crippen LogP contribution in [0.3, 0.4) is 0 Å². The zero-order chi connectivity index (χ0) is 21.1. The third kappa shape index (κ3) is 4.18. The number of benzene rings is 2. The molecule has 1 fully saturated rings. The van der Waals surface area contributed by atoms with Gasteiger partial charge >= 0.3 is 0 Å². The van der Waals surface area contributed by atoms with E-state index in [0.717, 1.165) is 18.4 Å². The molecule has 7 nitrogen and oxygen atoms in total. The zero-order valence-electron chi connectivity index (χ0n) is 16.8. The highest BCUT2D eigenvalue weighted by Gasteiger charge is 2.33. The zero-order valence-corrected chi connectivity index (χ0v) is 17.6. The number of rotatable bonds is 5. The molecule has 8 heteroatoms. The molecule has 0 spiro atoms. The minimum absolute atomic E-state index is 0.0720. The molecule has 2 aromatic carbocycles. The fraction of sp³-hybridized carbons (Fsp3) is 0.273. The predicted molar refractivity (Wildman–Crippen MR) is 115 cm³/mol. The molecule has 0 aliphatic carbocycles. The smallest absolute Gasteiger partial charge is 0.286 e. The first-order chi connectivity index (χ1) is 14.5. The standard InChI is InChI=1S/C22H22N4O3S/c1-14-8-10-16(11-9-14)23-19(27)21-25-24-20(30-21)18-7-4-12-26(18)22(28)15-5-3-6-17(13-15)29-2/h3,5-6,8-11,13,18H,4,7,12H2,1-2H3,(H,23,27)/t18-/m1/s1. The summed E-state index contributed by atoms with van der Waals surface area (Å²) < 4.78 is 5.23. The van der Waals surface area contributed by atoms with Gasteiger partial charge in [0.1, 0.15) is 10.8 Å². The topological polar surface area (TPSA) is 84.4 Å². The van der Waals surface area contributed by atoms with E-state index in [0.29, 0.717) is 28.6 Å². The van der Waals surface area contributed by atoms with Gasteiger partial charge in [0.25, 0.3) is 11.8 Å². The van der Waals surface area contributed by atoms with Crippen LogP contribution in [0, 0.1) is 6.92 Å². The van der Waals surface area contributed by atoms with E-state index >= 15 is 0 Å². The summed E-state index contributed by atoms with van der Waals surface area (Å²) in [6, 6.07) is 14.5. The number of hydrogen-bond acceptors (Lipinski definition) is 6. The molecule has 1 aliphatic rings. The molecule has 30 heavy (non-hydrogen) atoms. The lowest BCUT2D eigenvalue weighted by molar-refractivity contribution is 0.0734. The molecule has 1 aliphatic heterocycles. The van der Waals surface area contributed by atoms with Crippen LogP contribution in [-0.4, -0.2) is 40.6 Å². The molecule has 0 radical (unpaired) electrons. The molecule has 1 N–H and O–H groups in total. The van der Waals surface area contributed by atoms with E-state index in [1.54, 1.807) is 30.2 Å². The molecule has 0 unspecified atom stereocenters. The van der Waals surface area contributed by atoms with Gasteiger partial charge in [-0.05, 0) is 50.1 Å². The maximum absolute atomic E-state index is 13.1. The summed E-state index contributed by atoms with van der Waals surface area (Å²) in [5.74, 6) is 0.270. The average molecular weight is 423 g/mol. The molecule has 154 valence electrons. The largest absolute Gasteiger partial charge is 0.497 e. The molecule has 4 rings (SSSR count). The summed E-state index contributed by atoms with van der Waals surface area (Å²) >= 11 is 1.23. The van der Waals surface area contributed by atoms with Crippen LogP contribution in [0.1, 0.15) is 49.6 Å². The Morgan fingerprint density at radius 3 is 2.73 bits per heavy atom. The quantitative estimate of drug-likeness (QED) is 0.670. The monoisotopic (exact) mass is 422 g/mol. The molecule has 1 atom stereocenters. The van der Waals surface area contributed by atoms with Crippen molar-refractivity contribution in [1.29, 1.82) is 0 Å². The maximum Gasteiger partial charge on any atom is 0.286 e. The van der Waals surface area contributed by atoms with Crippen molar-refractivity contribution in [3.8, 4) is 5.75 Å². The highest BCUT2D eigenvalue weighted by Crippen LogP contribution is 2.35. The van der Waals surface area contributed by atoms with Gasteiger partial charge in [-0.3, -0.25) is 9.59 Å². The Bertz CT molecular complexity index is 1060. The minimum atomic E-state index is -0.300. The van der Waals surface area contributed by atoms with Crippen LogP contribution in [0.15, 0.2) is 48.5 Å². The third-order valence-electron chi connectivity index (χ3n) is 5.06. The summed E-state index contributed by atoms with van der Waals surface area (Å²) in [5, 5.41) is 12.1. The number of methoxy groups -OCH3 is 1. The lowest BCUT2D eigenvalue weighted by atomic mass is 10.1. The van der Waals surface area contributed by atoms with E-state index in [4.69, 9.17) is 4.74 Å². The summed E-state index contributed by atoms with van der Waals surface area (Å²) in [7, 11) is 1.58. The number of carbonyl (C=O) groups excluding carboxylic acids is 2. The summed E-state index contributed by atoms with van der Waals surface area (Å²) in [6.45, 7) is 2.63. The van der Waals surface area contributed by atoms with Crippen LogP contribution in [0.2, 0.25) is 0 Å². The van der Waals surface area contributed by atoms with Gasteiger partial charge in [0, 0.05) is 17.8 Å². The van der Waals surface area contributed by atoms with Gasteiger partial charge in [-0.25, -0.2) is 0 Å². The van der Waals surface area contributed by atoms with Crippen molar-refractivity contribution < 1.29 is 14.3 Å². The van der Waals surface area contributed by atoms with Crippen LogP contribution in [0.25, 0.3) is 0 Å². The van der Waals surface area contributed by atoms with E-state index in [1.165, 1.54) is 11.3 Å². The van der Waals surface area contributed by atoms with Crippen molar-refractivity contribution >= 4 is 28.8 Å². The number of hydrogen-bond donors (Lipinski definition) is 1. The Morgan fingerprint density at radius 1 is 1.17 bits per heavy atom. The van der Waals surface area contributed by atoms with Crippen LogP contribution in [-0.2, 0) is 0 Å². The number of carbonyl (C=O) groups is 2. The number of likely N-dealkylation sites (tertiary alicyclic amines) is 1. The fourth-order valence-electron chi connectivity index (χ4n) is 3.47. The van der Waals surface area contributed by atoms with Gasteiger partial charge in [-0.1, -0.05) is 35.1 Å². The molecule has 3 aromatic rings. The molecule has 0 saturated carbocycles. The number of ether oxygens (including phenoxy) is 1. The molecular weight excluding hydrogens is 400 g/mol. The van der Waals surface area contributed by atoms with Crippen LogP contribution in [0.4, 0.5) is 5.69 Å². The summed E-state index contributed by atoms with van der Waals surface area (Å²) in [5.41, 5.74) is 2.40. The SMILES string of the molecule is COc1cccc(C(=O)N2CCC[C@@H]2c2nnc(C(=O)Nc3ccc(C)cc3)s2)c1. The van der Waals surface area contributed by atoms with Gasteiger partial charge in [-0.15, -0.1) is 10.2 Å². The number of aryl methyl sites for hydroxylation is 1. The molecular formula is C22H22N4O3S. The highest BCUT2D eigenvalue weighted by atomic mass is 32.1. The maximum atomic E-state index is 13.1. The van der Waals surface area contributed by atoms with Gasteiger partial charge < -0.3 is 15.0 Å². The molecule has 1 saturated heterocycles. The van der Waals surface area contributed by atoms with Crippen molar-refractivity contribution in [2.75, 3.05) is 19.0 Å². The second kappa shape index (κ2) is 8.62. The normalized spacial score (nSPS) is 15.8. The lowest BCUT2D eigenvalue weighted by Gasteiger charge is -2.23. The second-order valence-electron chi connectivity index (χ2n) is 7.15. The third-order valence-corrected chi connectivity index (χ3v) is 6.08. The van der Waals surface area contributed by atoms with E-state index in [1.807, 2.05) is 37.3 Å². The molecule has 0 bridgehead atoms. The van der Waals surface area contributed by atoms with Gasteiger partial charge in [0.2, 0.25) is 5.01 Å². The van der Waals surface area contributed by atoms with Crippen molar-refractivity contribution in [3.05, 3.63) is 69.7 Å². The van der Waals surface area contributed by atoms with E-state index in [9.17, 15) is 9.59 Å². The number of anilines is 1. The van der Waals surface area contributed by atoms with Gasteiger partial charge in [-0.2, -0.15) is 0 Å². The summed E-state index contributed by atoms with van der Waals surface area (Å²) in [6.07, 6.45) is 1.68. The second-order valence-corrected chi connectivity index (χ2v) is 8.16. The van der Waals surface area contributed by atoms with E-state index in [-0.39, 0.29) is 22.9 Å². The Balaban J connectivity index is 1.49. The van der Waals surface area contributed by atoms with Crippen LogP contribution >= 0.6 is 11.3 Å².